The van der Waals surface area contributed by atoms with Gasteiger partial charge in [-0.05, 0) is 31.2 Å². The molecule has 0 bridgehead atoms. The monoisotopic (exact) mass is 246 g/mol. The van der Waals surface area contributed by atoms with Crippen LogP contribution in [0.4, 0.5) is 11.5 Å². The molecule has 1 aromatic rings. The minimum atomic E-state index is 0.663. The van der Waals surface area contributed by atoms with E-state index in [0.717, 1.165) is 31.1 Å². The summed E-state index contributed by atoms with van der Waals surface area (Å²) < 4.78 is 2.03. The molecule has 4 heteroatoms. The van der Waals surface area contributed by atoms with Crippen molar-refractivity contribution in [2.24, 2.45) is 11.8 Å². The van der Waals surface area contributed by atoms with Crippen molar-refractivity contribution < 1.29 is 0 Å². The van der Waals surface area contributed by atoms with Gasteiger partial charge in [0.15, 0.2) is 0 Å². The Morgan fingerprint density at radius 1 is 1.39 bits per heavy atom. The van der Waals surface area contributed by atoms with Crippen LogP contribution in [0.1, 0.15) is 32.9 Å². The van der Waals surface area contributed by atoms with Gasteiger partial charge in [0.25, 0.3) is 0 Å². The van der Waals surface area contributed by atoms with Gasteiger partial charge in [-0.3, -0.25) is 0 Å². The highest BCUT2D eigenvalue weighted by Crippen LogP contribution is 2.32. The SMILES string of the molecule is CCn1c(C#N)cc(N)c1N1C[C@@H](C)C[C@H](C)C1. The second-order valence-corrected chi connectivity index (χ2v) is 5.52. The second-order valence-electron chi connectivity index (χ2n) is 5.52. The summed E-state index contributed by atoms with van der Waals surface area (Å²) >= 11 is 0. The van der Waals surface area contributed by atoms with E-state index in [1.54, 1.807) is 6.07 Å². The number of piperidine rings is 1. The number of rotatable bonds is 2. The van der Waals surface area contributed by atoms with Crippen LogP contribution in [0.15, 0.2) is 6.07 Å². The lowest BCUT2D eigenvalue weighted by atomic mass is 9.92. The van der Waals surface area contributed by atoms with E-state index < -0.39 is 0 Å². The summed E-state index contributed by atoms with van der Waals surface area (Å²) in [6.07, 6.45) is 1.27. The standard InChI is InChI=1S/C14H22N4/c1-4-18-12(7-15)6-13(16)14(18)17-8-10(2)5-11(3)9-17/h6,10-11H,4-5,8-9,16H2,1-3H3/t10-,11-/m0/s1. The van der Waals surface area contributed by atoms with E-state index in [9.17, 15) is 0 Å². The fourth-order valence-corrected chi connectivity index (χ4v) is 3.16. The van der Waals surface area contributed by atoms with Gasteiger partial charge in [-0.15, -0.1) is 0 Å². The maximum atomic E-state index is 9.14. The van der Waals surface area contributed by atoms with Crippen molar-refractivity contribution in [3.05, 3.63) is 11.8 Å². The molecular weight excluding hydrogens is 224 g/mol. The second kappa shape index (κ2) is 4.93. The first-order valence-corrected chi connectivity index (χ1v) is 6.70. The van der Waals surface area contributed by atoms with E-state index in [-0.39, 0.29) is 0 Å². The van der Waals surface area contributed by atoms with Crippen molar-refractivity contribution >= 4 is 11.5 Å². The molecule has 0 aliphatic carbocycles. The first-order valence-electron chi connectivity index (χ1n) is 6.70. The Balaban J connectivity index is 2.38. The number of aromatic nitrogens is 1. The molecule has 1 aliphatic rings. The summed E-state index contributed by atoms with van der Waals surface area (Å²) in [5.41, 5.74) is 7.50. The zero-order chi connectivity index (χ0) is 13.3. The smallest absolute Gasteiger partial charge is 0.133 e. The van der Waals surface area contributed by atoms with Gasteiger partial charge in [0.05, 0.1) is 5.69 Å². The van der Waals surface area contributed by atoms with Gasteiger partial charge >= 0.3 is 0 Å². The van der Waals surface area contributed by atoms with E-state index in [1.807, 2.05) is 4.57 Å². The maximum Gasteiger partial charge on any atom is 0.133 e. The number of hydrogen-bond donors (Lipinski definition) is 1. The van der Waals surface area contributed by atoms with Crippen LogP contribution in [0.5, 0.6) is 0 Å². The minimum absolute atomic E-state index is 0.663. The molecule has 1 saturated heterocycles. The molecule has 0 radical (unpaired) electrons. The molecule has 2 atom stereocenters. The number of nitriles is 1. The molecule has 1 fully saturated rings. The van der Waals surface area contributed by atoms with Gasteiger partial charge in [-0.25, -0.2) is 0 Å². The van der Waals surface area contributed by atoms with E-state index >= 15 is 0 Å². The molecule has 0 spiro atoms. The quantitative estimate of drug-likeness (QED) is 0.872. The minimum Gasteiger partial charge on any atom is -0.396 e. The molecule has 18 heavy (non-hydrogen) atoms. The Morgan fingerprint density at radius 3 is 2.50 bits per heavy atom. The van der Waals surface area contributed by atoms with Crippen LogP contribution < -0.4 is 10.6 Å². The summed E-state index contributed by atoms with van der Waals surface area (Å²) in [7, 11) is 0. The largest absolute Gasteiger partial charge is 0.396 e. The van der Waals surface area contributed by atoms with Crippen LogP contribution in [-0.4, -0.2) is 17.7 Å². The van der Waals surface area contributed by atoms with E-state index in [1.165, 1.54) is 6.42 Å². The van der Waals surface area contributed by atoms with Crippen LogP contribution in [0, 0.1) is 23.2 Å². The number of anilines is 2. The third-order valence-corrected chi connectivity index (χ3v) is 3.70. The Morgan fingerprint density at radius 2 is 2.00 bits per heavy atom. The topological polar surface area (TPSA) is 58.0 Å². The fraction of sp³-hybridized carbons (Fsp3) is 0.643. The summed E-state index contributed by atoms with van der Waals surface area (Å²) in [6, 6.07) is 4.02. The van der Waals surface area contributed by atoms with Crippen molar-refractivity contribution in [1.82, 2.24) is 4.57 Å². The van der Waals surface area contributed by atoms with Crippen molar-refractivity contribution in [3.63, 3.8) is 0 Å². The van der Waals surface area contributed by atoms with E-state index in [0.29, 0.717) is 17.5 Å². The average molecular weight is 246 g/mol. The molecule has 2 rings (SSSR count). The van der Waals surface area contributed by atoms with E-state index in [2.05, 4.69) is 31.7 Å². The Kier molecular flexibility index (Phi) is 3.51. The molecule has 1 aromatic heterocycles. The summed E-state index contributed by atoms with van der Waals surface area (Å²) in [5, 5.41) is 9.14. The van der Waals surface area contributed by atoms with Gasteiger partial charge < -0.3 is 15.2 Å². The van der Waals surface area contributed by atoms with Gasteiger partial charge in [-0.1, -0.05) is 13.8 Å². The van der Waals surface area contributed by atoms with Gasteiger partial charge in [0.1, 0.15) is 17.6 Å². The normalized spacial score (nSPS) is 24.0. The Labute approximate surface area is 109 Å². The zero-order valence-electron chi connectivity index (χ0n) is 11.5. The molecule has 0 amide bonds. The number of nitrogen functional groups attached to an aromatic ring is 1. The van der Waals surface area contributed by atoms with Gasteiger partial charge in [-0.2, -0.15) is 5.26 Å². The van der Waals surface area contributed by atoms with Crippen molar-refractivity contribution in [2.45, 2.75) is 33.7 Å². The highest BCUT2D eigenvalue weighted by Gasteiger charge is 2.26. The number of nitrogens with two attached hydrogens (primary N) is 1. The van der Waals surface area contributed by atoms with Gasteiger partial charge in [0, 0.05) is 19.6 Å². The number of nitrogens with zero attached hydrogens (tertiary/aromatic N) is 3. The third kappa shape index (κ3) is 2.17. The molecule has 98 valence electrons. The highest BCUT2D eigenvalue weighted by molar-refractivity contribution is 5.68. The first kappa shape index (κ1) is 12.8. The average Bonchev–Trinajstić information content (AvgIpc) is 2.63. The number of hydrogen-bond acceptors (Lipinski definition) is 3. The highest BCUT2D eigenvalue weighted by atomic mass is 15.3. The van der Waals surface area contributed by atoms with E-state index in [4.69, 9.17) is 11.0 Å². The summed E-state index contributed by atoms with van der Waals surface area (Å²) in [5.74, 6) is 2.39. The lowest BCUT2D eigenvalue weighted by Crippen LogP contribution is -2.40. The van der Waals surface area contributed by atoms with Crippen LogP contribution in [-0.2, 0) is 6.54 Å². The van der Waals surface area contributed by atoms with Gasteiger partial charge in [0.2, 0.25) is 0 Å². The predicted octanol–water partition coefficient (Wildman–Crippen LogP) is 2.44. The Bertz CT molecular complexity index is 459. The maximum absolute atomic E-state index is 9.14. The van der Waals surface area contributed by atoms with Crippen LogP contribution in [0.2, 0.25) is 0 Å². The third-order valence-electron chi connectivity index (χ3n) is 3.70. The van der Waals surface area contributed by atoms with Crippen molar-refractivity contribution in [2.75, 3.05) is 23.7 Å². The molecule has 2 heterocycles. The molecule has 2 N–H and O–H groups in total. The first-order chi connectivity index (χ1) is 8.56. The molecular formula is C14H22N4. The zero-order valence-corrected chi connectivity index (χ0v) is 11.5. The molecule has 4 nitrogen and oxygen atoms in total. The van der Waals surface area contributed by atoms with Crippen molar-refractivity contribution in [3.8, 4) is 6.07 Å². The summed E-state index contributed by atoms with van der Waals surface area (Å²) in [6.45, 7) is 9.47. The van der Waals surface area contributed by atoms with Crippen LogP contribution >= 0.6 is 0 Å². The molecule has 0 aromatic carbocycles. The Hall–Kier alpha value is -1.63. The van der Waals surface area contributed by atoms with Crippen molar-refractivity contribution in [1.29, 1.82) is 5.26 Å². The fourth-order valence-electron chi connectivity index (χ4n) is 3.16. The molecule has 1 aliphatic heterocycles. The lowest BCUT2D eigenvalue weighted by molar-refractivity contribution is 0.353. The predicted molar refractivity (Wildman–Crippen MR) is 74.4 cm³/mol. The molecule has 0 unspecified atom stereocenters. The molecule has 0 saturated carbocycles. The van der Waals surface area contributed by atoms with Crippen LogP contribution in [0.25, 0.3) is 0 Å². The summed E-state index contributed by atoms with van der Waals surface area (Å²) in [4.78, 5) is 2.35. The van der Waals surface area contributed by atoms with Crippen LogP contribution in [0.3, 0.4) is 0 Å². The lowest BCUT2D eigenvalue weighted by Gasteiger charge is -2.37.